The molecule has 0 atom stereocenters. The van der Waals surface area contributed by atoms with Gasteiger partial charge in [0.2, 0.25) is 0 Å². The van der Waals surface area contributed by atoms with Crippen molar-refractivity contribution in [1.29, 1.82) is 0 Å². The third kappa shape index (κ3) is 7.55. The third-order valence-electron chi connectivity index (χ3n) is 4.60. The van der Waals surface area contributed by atoms with Gasteiger partial charge in [-0.1, -0.05) is 6.08 Å². The van der Waals surface area contributed by atoms with Crippen molar-refractivity contribution in [2.24, 2.45) is 0 Å². The SMILES string of the molecule is CC[N+](C)(CC)C/C=C\CC[N+](C)(CC)CC.[Br-]. The molecule has 0 fully saturated rings. The molecule has 0 aromatic heterocycles. The van der Waals surface area contributed by atoms with Crippen LogP contribution >= 0.6 is 0 Å². The molecule has 0 rings (SSSR count). The standard InChI is InChI=1S/C15H34N2.BrH/c1-7-16(5,8-2)14-12-11-13-15-17(6,9-3)10-4;/h11-12H,7-10,13-15H2,1-6H3;1H/q+2;/p-1/b12-11-;. The van der Waals surface area contributed by atoms with E-state index in [0.29, 0.717) is 0 Å². The second kappa shape index (κ2) is 9.99. The Balaban J connectivity index is 0. The van der Waals surface area contributed by atoms with E-state index in [-0.39, 0.29) is 17.0 Å². The summed E-state index contributed by atoms with van der Waals surface area (Å²) >= 11 is 0. The molecule has 18 heavy (non-hydrogen) atoms. The lowest BCUT2D eigenvalue weighted by Gasteiger charge is -2.32. The first-order valence-corrected chi connectivity index (χ1v) is 7.27. The molecule has 0 bridgehead atoms. The second-order valence-corrected chi connectivity index (χ2v) is 5.67. The maximum Gasteiger partial charge on any atom is 0.0971 e. The fraction of sp³-hybridized carbons (Fsp3) is 0.867. The summed E-state index contributed by atoms with van der Waals surface area (Å²) in [6.45, 7) is 16.5. The predicted octanol–water partition coefficient (Wildman–Crippen LogP) is -0.0905. The summed E-state index contributed by atoms with van der Waals surface area (Å²) in [6.07, 6.45) is 5.97. The summed E-state index contributed by atoms with van der Waals surface area (Å²) in [5.74, 6) is 0. The number of likely N-dealkylation sites (N-methyl/N-ethyl adjacent to an activating group) is 1. The highest BCUT2D eigenvalue weighted by molar-refractivity contribution is 4.81. The minimum atomic E-state index is 0. The maximum absolute atomic E-state index is 2.38. The largest absolute Gasteiger partial charge is 1.00 e. The van der Waals surface area contributed by atoms with Gasteiger partial charge in [-0.2, -0.15) is 0 Å². The van der Waals surface area contributed by atoms with Gasteiger partial charge in [0.05, 0.1) is 53.4 Å². The van der Waals surface area contributed by atoms with E-state index >= 15 is 0 Å². The number of quaternary nitrogens is 2. The molecule has 0 aliphatic carbocycles. The van der Waals surface area contributed by atoms with Crippen molar-refractivity contribution in [3.8, 4) is 0 Å². The normalized spacial score (nSPS) is 12.8. The van der Waals surface area contributed by atoms with Crippen LogP contribution in [-0.4, -0.2) is 62.3 Å². The van der Waals surface area contributed by atoms with Crippen LogP contribution in [0.1, 0.15) is 34.1 Å². The zero-order valence-electron chi connectivity index (χ0n) is 13.4. The Morgan fingerprint density at radius 2 is 1.17 bits per heavy atom. The Bertz CT molecular complexity index is 219. The number of hydrogen-bond donors (Lipinski definition) is 0. The molecule has 2 nitrogen and oxygen atoms in total. The quantitative estimate of drug-likeness (QED) is 0.411. The lowest BCUT2D eigenvalue weighted by atomic mass is 10.3. The van der Waals surface area contributed by atoms with Crippen LogP contribution in [0.25, 0.3) is 0 Å². The van der Waals surface area contributed by atoms with Crippen molar-refractivity contribution >= 4 is 0 Å². The van der Waals surface area contributed by atoms with E-state index in [4.69, 9.17) is 0 Å². The Morgan fingerprint density at radius 3 is 1.56 bits per heavy atom. The van der Waals surface area contributed by atoms with Gasteiger partial charge in [-0.25, -0.2) is 0 Å². The van der Waals surface area contributed by atoms with Crippen molar-refractivity contribution in [3.63, 3.8) is 0 Å². The van der Waals surface area contributed by atoms with Crippen LogP contribution in [0.5, 0.6) is 0 Å². The zero-order chi connectivity index (χ0) is 13.4. The number of nitrogens with zero attached hydrogens (tertiary/aromatic N) is 2. The average molecular weight is 322 g/mol. The van der Waals surface area contributed by atoms with Gasteiger partial charge in [0, 0.05) is 6.42 Å². The van der Waals surface area contributed by atoms with Crippen LogP contribution in [0.4, 0.5) is 0 Å². The lowest BCUT2D eigenvalue weighted by molar-refractivity contribution is -0.905. The van der Waals surface area contributed by atoms with Gasteiger partial charge < -0.3 is 25.9 Å². The monoisotopic (exact) mass is 321 g/mol. The van der Waals surface area contributed by atoms with Crippen LogP contribution in [-0.2, 0) is 0 Å². The first-order valence-electron chi connectivity index (χ1n) is 7.27. The van der Waals surface area contributed by atoms with Gasteiger partial charge in [-0.3, -0.25) is 0 Å². The van der Waals surface area contributed by atoms with Crippen LogP contribution in [0, 0.1) is 0 Å². The van der Waals surface area contributed by atoms with E-state index in [1.165, 1.54) is 50.2 Å². The highest BCUT2D eigenvalue weighted by Gasteiger charge is 2.15. The Kier molecular flexibility index (Phi) is 11.4. The smallest absolute Gasteiger partial charge is 0.0971 e. The van der Waals surface area contributed by atoms with Crippen molar-refractivity contribution in [2.45, 2.75) is 34.1 Å². The summed E-state index contributed by atoms with van der Waals surface area (Å²) in [5, 5.41) is 0. The average Bonchev–Trinajstić information content (AvgIpc) is 2.37. The third-order valence-corrected chi connectivity index (χ3v) is 4.60. The predicted molar refractivity (Wildman–Crippen MR) is 78.0 cm³/mol. The van der Waals surface area contributed by atoms with Crippen LogP contribution in [0.2, 0.25) is 0 Å². The van der Waals surface area contributed by atoms with E-state index < -0.39 is 0 Å². The van der Waals surface area contributed by atoms with Crippen molar-refractivity contribution in [2.75, 3.05) is 53.4 Å². The van der Waals surface area contributed by atoms with E-state index in [9.17, 15) is 0 Å². The van der Waals surface area contributed by atoms with Crippen LogP contribution in [0.3, 0.4) is 0 Å². The molecule has 3 heteroatoms. The minimum Gasteiger partial charge on any atom is -1.00 e. The molecule has 0 unspecified atom stereocenters. The van der Waals surface area contributed by atoms with Gasteiger partial charge >= 0.3 is 0 Å². The van der Waals surface area contributed by atoms with E-state index in [2.05, 4.69) is 53.9 Å². The first-order chi connectivity index (χ1) is 7.95. The summed E-state index contributed by atoms with van der Waals surface area (Å²) in [6, 6.07) is 0. The molecule has 0 aliphatic rings. The van der Waals surface area contributed by atoms with Crippen molar-refractivity contribution in [3.05, 3.63) is 12.2 Å². The van der Waals surface area contributed by atoms with E-state index in [1.54, 1.807) is 0 Å². The summed E-state index contributed by atoms with van der Waals surface area (Å²) < 4.78 is 2.35. The number of halogens is 1. The summed E-state index contributed by atoms with van der Waals surface area (Å²) in [4.78, 5) is 0. The van der Waals surface area contributed by atoms with Crippen molar-refractivity contribution < 1.29 is 25.9 Å². The molecule has 0 aromatic carbocycles. The highest BCUT2D eigenvalue weighted by atomic mass is 79.9. The van der Waals surface area contributed by atoms with E-state index in [1.807, 2.05) is 0 Å². The Morgan fingerprint density at radius 1 is 0.722 bits per heavy atom. The van der Waals surface area contributed by atoms with Gasteiger partial charge in [-0.15, -0.1) is 0 Å². The van der Waals surface area contributed by atoms with Gasteiger partial charge in [0.1, 0.15) is 0 Å². The minimum absolute atomic E-state index is 0. The Labute approximate surface area is 126 Å². The van der Waals surface area contributed by atoms with Gasteiger partial charge in [0.25, 0.3) is 0 Å². The fourth-order valence-corrected chi connectivity index (χ4v) is 1.85. The fourth-order valence-electron chi connectivity index (χ4n) is 1.85. The van der Waals surface area contributed by atoms with Gasteiger partial charge in [0.15, 0.2) is 0 Å². The molecule has 0 saturated heterocycles. The molecule has 0 aromatic rings. The summed E-state index contributed by atoms with van der Waals surface area (Å²) in [7, 11) is 4.69. The topological polar surface area (TPSA) is 0 Å². The van der Waals surface area contributed by atoms with Crippen LogP contribution in [0.15, 0.2) is 12.2 Å². The second-order valence-electron chi connectivity index (χ2n) is 5.67. The van der Waals surface area contributed by atoms with Crippen LogP contribution < -0.4 is 17.0 Å². The molecule has 0 radical (unpaired) electrons. The molecule has 110 valence electrons. The molecule has 0 amide bonds. The zero-order valence-corrected chi connectivity index (χ0v) is 15.0. The molecule has 0 N–H and O–H groups in total. The van der Waals surface area contributed by atoms with Gasteiger partial charge in [-0.05, 0) is 33.8 Å². The van der Waals surface area contributed by atoms with Crippen molar-refractivity contribution in [1.82, 2.24) is 0 Å². The molecule has 0 saturated carbocycles. The molecule has 0 heterocycles. The Hall–Kier alpha value is 0.140. The van der Waals surface area contributed by atoms with E-state index in [0.717, 1.165) is 4.48 Å². The molecular weight excluding hydrogens is 288 g/mol. The summed E-state index contributed by atoms with van der Waals surface area (Å²) in [5.41, 5.74) is 0. The first kappa shape index (κ1) is 20.5. The molecule has 0 spiro atoms. The highest BCUT2D eigenvalue weighted by Crippen LogP contribution is 2.05. The number of rotatable bonds is 9. The molecule has 0 aliphatic heterocycles. The number of hydrogen-bond acceptors (Lipinski definition) is 0. The lowest BCUT2D eigenvalue weighted by Crippen LogP contribution is -3.00. The maximum atomic E-state index is 2.38. The molecular formula is C15H34BrN2+.